The molecule has 0 bridgehead atoms. The van der Waals surface area contributed by atoms with Crippen LogP contribution in [0.4, 0.5) is 4.79 Å². The molecule has 0 fully saturated rings. The number of carbonyl (C=O) groups excluding carboxylic acids is 1. The first kappa shape index (κ1) is 17.8. The highest BCUT2D eigenvalue weighted by atomic mass is 16.6. The van der Waals surface area contributed by atoms with Crippen LogP contribution >= 0.6 is 0 Å². The lowest BCUT2D eigenvalue weighted by atomic mass is 10.1. The summed E-state index contributed by atoms with van der Waals surface area (Å²) >= 11 is 0. The van der Waals surface area contributed by atoms with Crippen LogP contribution in [0.3, 0.4) is 0 Å². The van der Waals surface area contributed by atoms with Gasteiger partial charge in [0.15, 0.2) is 0 Å². The summed E-state index contributed by atoms with van der Waals surface area (Å²) in [5, 5.41) is 2.68. The van der Waals surface area contributed by atoms with Crippen LogP contribution in [0.5, 0.6) is 11.5 Å². The molecule has 0 radical (unpaired) electrons. The Bertz CT molecular complexity index is 666. The molecule has 0 aromatic heterocycles. The fraction of sp³-hybridized carbons (Fsp3) is 0.316. The summed E-state index contributed by atoms with van der Waals surface area (Å²) in [6.07, 6.45) is -0.477. The van der Waals surface area contributed by atoms with Crippen LogP contribution < -0.4 is 15.8 Å². The van der Waals surface area contributed by atoms with E-state index in [1.54, 1.807) is 0 Å². The van der Waals surface area contributed by atoms with E-state index in [1.165, 1.54) is 0 Å². The van der Waals surface area contributed by atoms with Gasteiger partial charge >= 0.3 is 6.09 Å². The van der Waals surface area contributed by atoms with Gasteiger partial charge in [-0.05, 0) is 50.6 Å². The molecule has 3 N–H and O–H groups in total. The van der Waals surface area contributed by atoms with Crippen molar-refractivity contribution in [1.82, 2.24) is 5.32 Å². The third-order valence-electron chi connectivity index (χ3n) is 3.13. The molecule has 1 amide bonds. The molecule has 0 aliphatic heterocycles. The Hall–Kier alpha value is -2.53. The second-order valence-corrected chi connectivity index (χ2v) is 6.48. The lowest BCUT2D eigenvalue weighted by Gasteiger charge is -2.21. The monoisotopic (exact) mass is 328 g/mol. The number of hydrogen-bond acceptors (Lipinski definition) is 4. The molecule has 5 heteroatoms. The van der Waals surface area contributed by atoms with E-state index in [0.29, 0.717) is 5.75 Å². The first-order valence-corrected chi connectivity index (χ1v) is 7.89. The molecule has 0 heterocycles. The quantitative estimate of drug-likeness (QED) is 0.870. The van der Waals surface area contributed by atoms with E-state index >= 15 is 0 Å². The van der Waals surface area contributed by atoms with Gasteiger partial charge in [-0.15, -0.1) is 0 Å². The van der Waals surface area contributed by atoms with Gasteiger partial charge in [-0.1, -0.05) is 30.3 Å². The Balaban J connectivity index is 1.94. The van der Waals surface area contributed by atoms with Crippen LogP contribution in [0, 0.1) is 0 Å². The van der Waals surface area contributed by atoms with Crippen molar-refractivity contribution in [3.63, 3.8) is 0 Å². The number of ether oxygens (including phenoxy) is 2. The molecule has 128 valence electrons. The molecule has 1 atom stereocenters. The van der Waals surface area contributed by atoms with Crippen LogP contribution in [-0.2, 0) is 4.74 Å². The number of rotatable bonds is 5. The Labute approximate surface area is 142 Å². The van der Waals surface area contributed by atoms with Gasteiger partial charge in [-0.25, -0.2) is 4.79 Å². The fourth-order valence-corrected chi connectivity index (χ4v) is 2.06. The minimum absolute atomic E-state index is 0.281. The van der Waals surface area contributed by atoms with Crippen molar-refractivity contribution >= 4 is 6.09 Å². The molecule has 5 nitrogen and oxygen atoms in total. The Morgan fingerprint density at radius 1 is 1.08 bits per heavy atom. The van der Waals surface area contributed by atoms with E-state index in [-0.39, 0.29) is 12.6 Å². The SMILES string of the molecule is CC(C)(C)OC(=O)NCC(N)c1cccc(Oc2ccccc2)c1. The molecule has 0 aliphatic carbocycles. The van der Waals surface area contributed by atoms with E-state index < -0.39 is 11.7 Å². The van der Waals surface area contributed by atoms with E-state index in [4.69, 9.17) is 15.2 Å². The zero-order valence-electron chi connectivity index (χ0n) is 14.3. The van der Waals surface area contributed by atoms with Crippen molar-refractivity contribution in [2.24, 2.45) is 5.73 Å². The van der Waals surface area contributed by atoms with Crippen molar-refractivity contribution in [3.05, 3.63) is 60.2 Å². The molecule has 0 aliphatic rings. The second-order valence-electron chi connectivity index (χ2n) is 6.48. The minimum atomic E-state index is -0.530. The van der Waals surface area contributed by atoms with Crippen LogP contribution in [-0.4, -0.2) is 18.2 Å². The molecular formula is C19H24N2O3. The summed E-state index contributed by atoms with van der Waals surface area (Å²) in [7, 11) is 0. The standard InChI is InChI=1S/C19H24N2O3/c1-19(2,3)24-18(22)21-13-17(20)14-8-7-11-16(12-14)23-15-9-5-4-6-10-15/h4-12,17H,13,20H2,1-3H3,(H,21,22). The topological polar surface area (TPSA) is 73.6 Å². The molecular weight excluding hydrogens is 304 g/mol. The molecule has 24 heavy (non-hydrogen) atoms. The zero-order valence-corrected chi connectivity index (χ0v) is 14.3. The van der Waals surface area contributed by atoms with Gasteiger partial charge in [0, 0.05) is 12.6 Å². The first-order valence-electron chi connectivity index (χ1n) is 7.89. The molecule has 2 aromatic carbocycles. The largest absolute Gasteiger partial charge is 0.457 e. The van der Waals surface area contributed by atoms with Crippen molar-refractivity contribution in [3.8, 4) is 11.5 Å². The average Bonchev–Trinajstić information content (AvgIpc) is 2.52. The number of nitrogens with one attached hydrogen (secondary N) is 1. The summed E-state index contributed by atoms with van der Waals surface area (Å²) in [5.74, 6) is 1.46. The van der Waals surface area contributed by atoms with Crippen molar-refractivity contribution in [1.29, 1.82) is 0 Å². The Morgan fingerprint density at radius 3 is 2.42 bits per heavy atom. The van der Waals surface area contributed by atoms with E-state index in [2.05, 4.69) is 5.32 Å². The van der Waals surface area contributed by atoms with Crippen LogP contribution in [0.2, 0.25) is 0 Å². The lowest BCUT2D eigenvalue weighted by molar-refractivity contribution is 0.0524. The highest BCUT2D eigenvalue weighted by Crippen LogP contribution is 2.23. The highest BCUT2D eigenvalue weighted by Gasteiger charge is 2.17. The third kappa shape index (κ3) is 5.93. The summed E-state index contributed by atoms with van der Waals surface area (Å²) in [4.78, 5) is 11.7. The van der Waals surface area contributed by atoms with E-state index in [0.717, 1.165) is 11.3 Å². The normalized spacial score (nSPS) is 12.3. The van der Waals surface area contributed by atoms with Crippen LogP contribution in [0.1, 0.15) is 32.4 Å². The summed E-state index contributed by atoms with van der Waals surface area (Å²) in [5.41, 5.74) is 6.49. The van der Waals surface area contributed by atoms with Gasteiger partial charge in [0.05, 0.1) is 0 Å². The Morgan fingerprint density at radius 2 is 1.75 bits per heavy atom. The predicted molar refractivity (Wildman–Crippen MR) is 94.1 cm³/mol. The van der Waals surface area contributed by atoms with Gasteiger partial charge in [0.1, 0.15) is 17.1 Å². The maximum absolute atomic E-state index is 11.7. The smallest absolute Gasteiger partial charge is 0.407 e. The zero-order chi connectivity index (χ0) is 17.6. The number of nitrogens with two attached hydrogens (primary N) is 1. The first-order chi connectivity index (χ1) is 11.3. The van der Waals surface area contributed by atoms with Gasteiger partial charge in [-0.3, -0.25) is 0 Å². The number of para-hydroxylation sites is 1. The third-order valence-corrected chi connectivity index (χ3v) is 3.13. The highest BCUT2D eigenvalue weighted by molar-refractivity contribution is 5.67. The summed E-state index contributed by atoms with van der Waals surface area (Å²) in [6.45, 7) is 5.73. The molecule has 0 saturated carbocycles. The molecule has 2 aromatic rings. The molecule has 2 rings (SSSR count). The van der Waals surface area contributed by atoms with Gasteiger partial charge in [0.2, 0.25) is 0 Å². The molecule has 0 saturated heterocycles. The Kier molecular flexibility index (Phi) is 5.82. The number of carbonyl (C=O) groups is 1. The van der Waals surface area contributed by atoms with E-state index in [1.807, 2.05) is 75.4 Å². The van der Waals surface area contributed by atoms with Gasteiger partial charge in [-0.2, -0.15) is 0 Å². The van der Waals surface area contributed by atoms with Crippen LogP contribution in [0.25, 0.3) is 0 Å². The maximum atomic E-state index is 11.7. The molecule has 0 spiro atoms. The van der Waals surface area contributed by atoms with Crippen LogP contribution in [0.15, 0.2) is 54.6 Å². The molecule has 1 unspecified atom stereocenters. The number of benzene rings is 2. The van der Waals surface area contributed by atoms with Gasteiger partial charge in [0.25, 0.3) is 0 Å². The fourth-order valence-electron chi connectivity index (χ4n) is 2.06. The van der Waals surface area contributed by atoms with Crippen molar-refractivity contribution < 1.29 is 14.3 Å². The summed E-state index contributed by atoms with van der Waals surface area (Å²) in [6, 6.07) is 16.7. The summed E-state index contributed by atoms with van der Waals surface area (Å²) < 4.78 is 11.0. The predicted octanol–water partition coefficient (Wildman–Crippen LogP) is 4.00. The number of alkyl carbamates (subject to hydrolysis) is 1. The average molecular weight is 328 g/mol. The van der Waals surface area contributed by atoms with Gasteiger partial charge < -0.3 is 20.5 Å². The second kappa shape index (κ2) is 7.84. The van der Waals surface area contributed by atoms with Crippen molar-refractivity contribution in [2.45, 2.75) is 32.4 Å². The lowest BCUT2D eigenvalue weighted by Crippen LogP contribution is -2.36. The number of amides is 1. The van der Waals surface area contributed by atoms with E-state index in [9.17, 15) is 4.79 Å². The maximum Gasteiger partial charge on any atom is 0.407 e. The minimum Gasteiger partial charge on any atom is -0.457 e. The number of hydrogen-bond donors (Lipinski definition) is 2. The van der Waals surface area contributed by atoms with Crippen molar-refractivity contribution in [2.75, 3.05) is 6.54 Å².